The molecule has 1 aromatic carbocycles. The maximum Gasteiger partial charge on any atom is 0.104 e. The molecule has 6 atom stereocenters. The number of nitrogens with zero attached hydrogens (tertiary/aromatic N) is 1. The number of benzene rings is 1. The fourth-order valence-electron chi connectivity index (χ4n) is 5.57. The molecule has 2 aliphatic carbocycles. The summed E-state index contributed by atoms with van der Waals surface area (Å²) in [6.07, 6.45) is 6.69. The molecule has 0 bridgehead atoms. The van der Waals surface area contributed by atoms with Gasteiger partial charge in [-0.1, -0.05) is 24.3 Å². The smallest absolute Gasteiger partial charge is 0.104 e. The van der Waals surface area contributed by atoms with E-state index in [-0.39, 0.29) is 12.2 Å². The molecule has 4 aliphatic rings. The largest absolute Gasteiger partial charge is 0.374 e. The number of methoxy groups -OCH3 is 1. The molecule has 0 aromatic heterocycles. The minimum Gasteiger partial charge on any atom is -0.374 e. The summed E-state index contributed by atoms with van der Waals surface area (Å²) in [6, 6.07) is 4.75. The van der Waals surface area contributed by atoms with Crippen molar-refractivity contribution in [2.45, 2.75) is 43.6 Å². The number of fused-ring (bicyclic) bond motifs is 4. The van der Waals surface area contributed by atoms with Gasteiger partial charge in [0.15, 0.2) is 0 Å². The van der Waals surface area contributed by atoms with Gasteiger partial charge in [0.25, 0.3) is 0 Å². The van der Waals surface area contributed by atoms with Gasteiger partial charge >= 0.3 is 0 Å². The van der Waals surface area contributed by atoms with E-state index in [0.29, 0.717) is 30.6 Å². The standard InChI is InChI=1S/C22H28NO3P/c1-12-21(25-2)18-10-17-16-8-14-4-6-23(24)5-3-13(14)7-15(16)9-19(17)22(27)20(18)11-26-12/h3-4,7-8,12,17,19,21-22,24H,5-6,9-11,27H2,1-2H3/t12?,17?,19?,21-,22?/m1/s1. The van der Waals surface area contributed by atoms with Gasteiger partial charge < -0.3 is 14.7 Å². The third-order valence-electron chi connectivity index (χ3n) is 7.00. The van der Waals surface area contributed by atoms with Crippen molar-refractivity contribution >= 4 is 21.4 Å². The highest BCUT2D eigenvalue weighted by molar-refractivity contribution is 7.18. The molecule has 2 heterocycles. The van der Waals surface area contributed by atoms with Crippen molar-refractivity contribution in [3.63, 3.8) is 0 Å². The van der Waals surface area contributed by atoms with E-state index in [1.54, 1.807) is 7.11 Å². The van der Waals surface area contributed by atoms with Crippen LogP contribution in [0.15, 0.2) is 23.3 Å². The zero-order chi connectivity index (χ0) is 18.7. The van der Waals surface area contributed by atoms with E-state index in [1.165, 1.54) is 37.8 Å². The first kappa shape index (κ1) is 18.0. The summed E-state index contributed by atoms with van der Waals surface area (Å²) in [5.41, 5.74) is 6.36. The molecule has 144 valence electrons. The van der Waals surface area contributed by atoms with Crippen LogP contribution in [0, 0.1) is 5.92 Å². The van der Waals surface area contributed by atoms with Gasteiger partial charge in [-0.15, -0.1) is 9.24 Å². The molecule has 1 N–H and O–H groups in total. The van der Waals surface area contributed by atoms with Gasteiger partial charge in [-0.05, 0) is 64.3 Å². The van der Waals surface area contributed by atoms with Crippen molar-refractivity contribution in [2.24, 2.45) is 5.92 Å². The van der Waals surface area contributed by atoms with Crippen LogP contribution in [0.2, 0.25) is 0 Å². The molecular weight excluding hydrogens is 357 g/mol. The number of rotatable bonds is 1. The molecule has 5 rings (SSSR count). The fourth-order valence-corrected chi connectivity index (χ4v) is 6.29. The van der Waals surface area contributed by atoms with Gasteiger partial charge in [0.05, 0.1) is 12.7 Å². The third kappa shape index (κ3) is 2.85. The third-order valence-corrected chi connectivity index (χ3v) is 7.90. The van der Waals surface area contributed by atoms with Crippen LogP contribution in [0.5, 0.6) is 0 Å². The summed E-state index contributed by atoms with van der Waals surface area (Å²) in [5.74, 6) is 1.18. The Morgan fingerprint density at radius 1 is 1.15 bits per heavy atom. The molecule has 0 fully saturated rings. The Kier molecular flexibility index (Phi) is 4.53. The second-order valence-electron chi connectivity index (χ2n) is 8.39. The maximum atomic E-state index is 9.84. The minimum absolute atomic E-state index is 0.0745. The summed E-state index contributed by atoms with van der Waals surface area (Å²) >= 11 is 0. The van der Waals surface area contributed by atoms with Gasteiger partial charge in [-0.25, -0.2) is 0 Å². The Morgan fingerprint density at radius 3 is 2.63 bits per heavy atom. The van der Waals surface area contributed by atoms with E-state index < -0.39 is 0 Å². The van der Waals surface area contributed by atoms with Gasteiger partial charge in [0.2, 0.25) is 0 Å². The van der Waals surface area contributed by atoms with Crippen LogP contribution in [0.25, 0.3) is 12.2 Å². The van der Waals surface area contributed by atoms with E-state index in [1.807, 2.05) is 0 Å². The molecule has 0 amide bonds. The first-order valence-electron chi connectivity index (χ1n) is 9.95. The molecule has 0 saturated heterocycles. The average molecular weight is 385 g/mol. The van der Waals surface area contributed by atoms with Crippen LogP contribution in [0.1, 0.15) is 30.4 Å². The lowest BCUT2D eigenvalue weighted by atomic mass is 9.73. The van der Waals surface area contributed by atoms with Crippen molar-refractivity contribution in [1.29, 1.82) is 0 Å². The predicted octanol–water partition coefficient (Wildman–Crippen LogP) is 1.59. The Balaban J connectivity index is 1.58. The molecule has 0 radical (unpaired) electrons. The minimum atomic E-state index is 0.0745. The van der Waals surface area contributed by atoms with Gasteiger partial charge in [0, 0.05) is 25.9 Å². The van der Waals surface area contributed by atoms with Crippen LogP contribution in [0.4, 0.5) is 0 Å². The van der Waals surface area contributed by atoms with Gasteiger partial charge in [-0.3, -0.25) is 0 Å². The fraction of sp³-hybridized carbons (Fsp3) is 0.545. The quantitative estimate of drug-likeness (QED) is 0.589. The van der Waals surface area contributed by atoms with Crippen LogP contribution in [0.3, 0.4) is 0 Å². The van der Waals surface area contributed by atoms with E-state index in [4.69, 9.17) is 9.47 Å². The molecule has 2 aliphatic heterocycles. The zero-order valence-corrected chi connectivity index (χ0v) is 17.2. The van der Waals surface area contributed by atoms with E-state index in [2.05, 4.69) is 40.4 Å². The topological polar surface area (TPSA) is 41.9 Å². The molecule has 27 heavy (non-hydrogen) atoms. The van der Waals surface area contributed by atoms with E-state index >= 15 is 0 Å². The van der Waals surface area contributed by atoms with Crippen molar-refractivity contribution in [3.05, 3.63) is 44.8 Å². The van der Waals surface area contributed by atoms with Crippen molar-refractivity contribution in [1.82, 2.24) is 5.06 Å². The molecule has 1 aromatic rings. The van der Waals surface area contributed by atoms with Crippen molar-refractivity contribution in [2.75, 3.05) is 26.8 Å². The lowest BCUT2D eigenvalue weighted by Crippen LogP contribution is -2.42. The lowest BCUT2D eigenvalue weighted by molar-refractivity contribution is -0.0626. The van der Waals surface area contributed by atoms with Crippen LogP contribution in [-0.2, 0) is 15.9 Å². The van der Waals surface area contributed by atoms with E-state index in [0.717, 1.165) is 19.4 Å². The number of hydrogen-bond acceptors (Lipinski definition) is 4. The summed E-state index contributed by atoms with van der Waals surface area (Å²) in [6.45, 7) is 4.03. The van der Waals surface area contributed by atoms with Crippen molar-refractivity contribution in [3.8, 4) is 0 Å². The average Bonchev–Trinajstić information content (AvgIpc) is 2.91. The summed E-state index contributed by atoms with van der Waals surface area (Å²) in [5, 5.41) is 13.7. The SMILES string of the molecule is CO[C@H]1C2=C(COC1C)C(P)C1Cc3cc4c(cc3C1C2)=CCN(O)CC=4. The van der Waals surface area contributed by atoms with Crippen LogP contribution < -0.4 is 10.4 Å². The van der Waals surface area contributed by atoms with Crippen LogP contribution >= 0.6 is 9.24 Å². The number of hydrogen-bond donors (Lipinski definition) is 1. The summed E-state index contributed by atoms with van der Waals surface area (Å²) in [7, 11) is 4.92. The second-order valence-corrected chi connectivity index (χ2v) is 9.11. The maximum absolute atomic E-state index is 9.84. The zero-order valence-electron chi connectivity index (χ0n) is 16.0. The van der Waals surface area contributed by atoms with Gasteiger partial charge in [-0.2, -0.15) is 5.06 Å². The molecule has 4 nitrogen and oxygen atoms in total. The highest BCUT2D eigenvalue weighted by atomic mass is 31.0. The number of ether oxygens (including phenoxy) is 2. The first-order chi connectivity index (χ1) is 13.1. The molecular formula is C22H28NO3P. The Bertz CT molecular complexity index is 924. The Hall–Kier alpha value is -1.03. The first-order valence-corrected chi connectivity index (χ1v) is 10.6. The number of hydroxylamine groups is 2. The lowest BCUT2D eigenvalue weighted by Gasteiger charge is -2.43. The highest BCUT2D eigenvalue weighted by Gasteiger charge is 2.45. The Labute approximate surface area is 162 Å². The summed E-state index contributed by atoms with van der Waals surface area (Å²) in [4.78, 5) is 0. The molecule has 5 unspecified atom stereocenters. The predicted molar refractivity (Wildman–Crippen MR) is 109 cm³/mol. The second kappa shape index (κ2) is 6.79. The van der Waals surface area contributed by atoms with E-state index in [9.17, 15) is 5.21 Å². The highest BCUT2D eigenvalue weighted by Crippen LogP contribution is 2.52. The Morgan fingerprint density at radius 2 is 1.89 bits per heavy atom. The summed E-state index contributed by atoms with van der Waals surface area (Å²) < 4.78 is 11.9. The normalized spacial score (nSPS) is 35.3. The molecule has 5 heteroatoms. The molecule has 0 spiro atoms. The monoisotopic (exact) mass is 385 g/mol. The van der Waals surface area contributed by atoms with Gasteiger partial charge in [0.1, 0.15) is 6.10 Å². The molecule has 0 saturated carbocycles. The van der Waals surface area contributed by atoms with Crippen LogP contribution in [-0.4, -0.2) is 54.9 Å². The van der Waals surface area contributed by atoms with Crippen molar-refractivity contribution < 1.29 is 14.7 Å².